The van der Waals surface area contributed by atoms with Gasteiger partial charge in [0, 0.05) is 11.8 Å². The van der Waals surface area contributed by atoms with Crippen molar-refractivity contribution in [1.29, 1.82) is 0 Å². The highest BCUT2D eigenvalue weighted by molar-refractivity contribution is 6.05. The summed E-state index contributed by atoms with van der Waals surface area (Å²) in [6, 6.07) is 7.41. The van der Waals surface area contributed by atoms with Gasteiger partial charge in [0.15, 0.2) is 0 Å². The highest BCUT2D eigenvalue weighted by Gasteiger charge is 2.14. The van der Waals surface area contributed by atoms with Crippen LogP contribution in [0.5, 0.6) is 5.75 Å². The van der Waals surface area contributed by atoms with Gasteiger partial charge in [-0.3, -0.25) is 4.79 Å². The van der Waals surface area contributed by atoms with Gasteiger partial charge >= 0.3 is 5.97 Å². The number of hydrogen-bond acceptors (Lipinski definition) is 3. The van der Waals surface area contributed by atoms with Crippen LogP contribution < -0.4 is 5.32 Å². The highest BCUT2D eigenvalue weighted by Crippen LogP contribution is 2.20. The molecule has 0 aliphatic rings. The van der Waals surface area contributed by atoms with Crippen LogP contribution in [-0.2, 0) is 0 Å². The number of hydrogen-bond donors (Lipinski definition) is 3. The van der Waals surface area contributed by atoms with E-state index < -0.39 is 17.7 Å². The first-order valence-corrected chi connectivity index (χ1v) is 6.02. The van der Waals surface area contributed by atoms with Crippen molar-refractivity contribution in [1.82, 2.24) is 0 Å². The fourth-order valence-corrected chi connectivity index (χ4v) is 1.81. The van der Waals surface area contributed by atoms with E-state index in [0.29, 0.717) is 11.3 Å². The average molecular weight is 289 g/mol. The Morgan fingerprint density at radius 1 is 1.14 bits per heavy atom. The number of carbonyl (C=O) groups is 2. The Kier molecular flexibility index (Phi) is 3.89. The van der Waals surface area contributed by atoms with Gasteiger partial charge in [0.2, 0.25) is 0 Å². The van der Waals surface area contributed by atoms with Gasteiger partial charge in [-0.15, -0.1) is 0 Å². The minimum atomic E-state index is -1.07. The summed E-state index contributed by atoms with van der Waals surface area (Å²) in [5.41, 5.74) is 0.815. The van der Waals surface area contributed by atoms with E-state index in [2.05, 4.69) is 5.32 Å². The highest BCUT2D eigenvalue weighted by atomic mass is 19.1. The fourth-order valence-electron chi connectivity index (χ4n) is 1.81. The average Bonchev–Trinajstić information content (AvgIpc) is 2.40. The number of phenols is 1. The summed E-state index contributed by atoms with van der Waals surface area (Å²) < 4.78 is 13.6. The van der Waals surface area contributed by atoms with Gasteiger partial charge in [0.25, 0.3) is 5.91 Å². The molecule has 0 heterocycles. The van der Waals surface area contributed by atoms with Crippen LogP contribution in [-0.4, -0.2) is 22.1 Å². The number of aromatic hydroxyl groups is 1. The molecule has 2 aromatic rings. The Morgan fingerprint density at radius 3 is 2.43 bits per heavy atom. The van der Waals surface area contributed by atoms with Gasteiger partial charge in [-0.25, -0.2) is 9.18 Å². The summed E-state index contributed by atoms with van der Waals surface area (Å²) in [6.07, 6.45) is 0. The summed E-state index contributed by atoms with van der Waals surface area (Å²) in [6.45, 7) is 1.63. The van der Waals surface area contributed by atoms with E-state index in [0.717, 1.165) is 6.07 Å². The molecule has 0 aliphatic carbocycles. The number of carboxylic acid groups (broad SMARTS) is 1. The van der Waals surface area contributed by atoms with Crippen molar-refractivity contribution in [2.24, 2.45) is 0 Å². The molecule has 0 bridgehead atoms. The SMILES string of the molecule is Cc1cc(C(=O)O)ccc1NC(=O)c1ccc(O)cc1F. The first-order valence-electron chi connectivity index (χ1n) is 6.02. The molecule has 0 saturated carbocycles. The van der Waals surface area contributed by atoms with Crippen LogP contribution in [0.15, 0.2) is 36.4 Å². The number of benzene rings is 2. The molecule has 21 heavy (non-hydrogen) atoms. The number of carboxylic acids is 1. The Hall–Kier alpha value is -2.89. The Balaban J connectivity index is 2.25. The van der Waals surface area contributed by atoms with E-state index in [1.54, 1.807) is 6.92 Å². The van der Waals surface area contributed by atoms with Gasteiger partial charge in [-0.1, -0.05) is 0 Å². The third kappa shape index (κ3) is 3.17. The quantitative estimate of drug-likeness (QED) is 0.811. The number of carbonyl (C=O) groups excluding carboxylic acids is 1. The number of aromatic carboxylic acids is 1. The van der Waals surface area contributed by atoms with Crippen LogP contribution in [0.3, 0.4) is 0 Å². The van der Waals surface area contributed by atoms with Gasteiger partial charge in [-0.05, 0) is 42.8 Å². The molecule has 0 spiro atoms. The molecule has 5 nitrogen and oxygen atoms in total. The Morgan fingerprint density at radius 2 is 1.86 bits per heavy atom. The summed E-state index contributed by atoms with van der Waals surface area (Å²) in [4.78, 5) is 22.8. The molecule has 3 N–H and O–H groups in total. The van der Waals surface area contributed by atoms with Gasteiger partial charge < -0.3 is 15.5 Å². The predicted octanol–water partition coefficient (Wildman–Crippen LogP) is 2.79. The molecule has 2 rings (SSSR count). The van der Waals surface area contributed by atoms with E-state index in [1.807, 2.05) is 0 Å². The van der Waals surface area contributed by atoms with Crippen molar-refractivity contribution in [3.05, 3.63) is 58.9 Å². The minimum absolute atomic E-state index is 0.0984. The fraction of sp³-hybridized carbons (Fsp3) is 0.0667. The molecule has 0 unspecified atom stereocenters. The topological polar surface area (TPSA) is 86.6 Å². The predicted molar refractivity (Wildman–Crippen MR) is 74.2 cm³/mol. The lowest BCUT2D eigenvalue weighted by Crippen LogP contribution is -2.14. The van der Waals surface area contributed by atoms with E-state index in [9.17, 15) is 14.0 Å². The molecular weight excluding hydrogens is 277 g/mol. The number of halogens is 1. The molecule has 0 atom stereocenters. The van der Waals surface area contributed by atoms with Gasteiger partial charge in [0.05, 0.1) is 11.1 Å². The van der Waals surface area contributed by atoms with Crippen LogP contribution in [0.4, 0.5) is 10.1 Å². The van der Waals surface area contributed by atoms with E-state index >= 15 is 0 Å². The first kappa shape index (κ1) is 14.5. The second-order valence-corrected chi connectivity index (χ2v) is 4.45. The number of aryl methyl sites for hydroxylation is 1. The third-order valence-electron chi connectivity index (χ3n) is 2.92. The molecule has 6 heteroatoms. The van der Waals surface area contributed by atoms with Gasteiger partial charge in [0.1, 0.15) is 11.6 Å². The lowest BCUT2D eigenvalue weighted by atomic mass is 10.1. The maximum absolute atomic E-state index is 13.6. The number of anilines is 1. The number of nitrogens with one attached hydrogen (secondary N) is 1. The Labute approximate surface area is 119 Å². The van der Waals surface area contributed by atoms with Crippen LogP contribution in [0.25, 0.3) is 0 Å². The smallest absolute Gasteiger partial charge is 0.335 e. The number of rotatable bonds is 3. The molecule has 2 aromatic carbocycles. The van der Waals surface area contributed by atoms with Crippen molar-refractivity contribution < 1.29 is 24.2 Å². The second kappa shape index (κ2) is 5.62. The summed E-state index contributed by atoms with van der Waals surface area (Å²) in [5.74, 6) is -2.86. The van der Waals surface area contributed by atoms with Crippen LogP contribution in [0.1, 0.15) is 26.3 Å². The largest absolute Gasteiger partial charge is 0.508 e. The van der Waals surface area contributed by atoms with Crippen molar-refractivity contribution in [2.75, 3.05) is 5.32 Å². The third-order valence-corrected chi connectivity index (χ3v) is 2.92. The zero-order valence-electron chi connectivity index (χ0n) is 11.1. The normalized spacial score (nSPS) is 10.2. The number of phenolic OH excluding ortho intramolecular Hbond substituents is 1. The summed E-state index contributed by atoms with van der Waals surface area (Å²) >= 11 is 0. The molecule has 0 saturated heterocycles. The maximum atomic E-state index is 13.6. The van der Waals surface area contributed by atoms with Crippen LogP contribution >= 0.6 is 0 Å². The lowest BCUT2D eigenvalue weighted by Gasteiger charge is -2.10. The van der Waals surface area contributed by atoms with Crippen molar-refractivity contribution in [2.45, 2.75) is 6.92 Å². The van der Waals surface area contributed by atoms with Crippen LogP contribution in [0.2, 0.25) is 0 Å². The lowest BCUT2D eigenvalue weighted by molar-refractivity contribution is 0.0696. The van der Waals surface area contributed by atoms with E-state index in [1.165, 1.54) is 30.3 Å². The molecule has 0 aromatic heterocycles. The maximum Gasteiger partial charge on any atom is 0.335 e. The first-order chi connectivity index (χ1) is 9.88. The molecular formula is C15H12FNO4. The number of amides is 1. The van der Waals surface area contributed by atoms with Crippen LogP contribution in [0, 0.1) is 12.7 Å². The van der Waals surface area contributed by atoms with E-state index in [-0.39, 0.29) is 16.9 Å². The summed E-state index contributed by atoms with van der Waals surface area (Å²) in [7, 11) is 0. The molecule has 0 aliphatic heterocycles. The zero-order valence-corrected chi connectivity index (χ0v) is 11.1. The Bertz CT molecular complexity index is 728. The second-order valence-electron chi connectivity index (χ2n) is 4.45. The summed E-state index contributed by atoms with van der Waals surface area (Å²) in [5, 5.41) is 20.5. The molecule has 108 valence electrons. The molecule has 0 radical (unpaired) electrons. The molecule has 1 amide bonds. The van der Waals surface area contributed by atoms with Gasteiger partial charge in [-0.2, -0.15) is 0 Å². The minimum Gasteiger partial charge on any atom is -0.508 e. The van der Waals surface area contributed by atoms with Crippen molar-refractivity contribution in [3.8, 4) is 5.75 Å². The molecule has 0 fully saturated rings. The zero-order chi connectivity index (χ0) is 15.6. The van der Waals surface area contributed by atoms with E-state index in [4.69, 9.17) is 10.2 Å². The monoisotopic (exact) mass is 289 g/mol. The van der Waals surface area contributed by atoms with Crippen molar-refractivity contribution >= 4 is 17.6 Å². The van der Waals surface area contributed by atoms with Crippen molar-refractivity contribution in [3.63, 3.8) is 0 Å². The standard InChI is InChI=1S/C15H12FNO4/c1-8-6-9(15(20)21)2-5-13(8)17-14(19)11-4-3-10(18)7-12(11)16/h2-7,18H,1H3,(H,17,19)(H,20,21).